The topological polar surface area (TPSA) is 119 Å². The summed E-state index contributed by atoms with van der Waals surface area (Å²) in [4.78, 5) is 48.7. The molecule has 5 atom stereocenters. The van der Waals surface area contributed by atoms with E-state index in [4.69, 9.17) is 9.47 Å². The number of hydrogen-bond donors (Lipinski definition) is 2. The van der Waals surface area contributed by atoms with Gasteiger partial charge in [0.1, 0.15) is 18.0 Å². The zero-order valence-corrected chi connectivity index (χ0v) is 21.5. The maximum Gasteiger partial charge on any atom is 0.306 e. The van der Waals surface area contributed by atoms with Gasteiger partial charge in [0.25, 0.3) is 0 Å². The van der Waals surface area contributed by atoms with Crippen molar-refractivity contribution in [1.29, 1.82) is 0 Å². The minimum Gasteiger partial charge on any atom is -0.457 e. The Bertz CT molecular complexity index is 802. The predicted molar refractivity (Wildman–Crippen MR) is 131 cm³/mol. The summed E-state index contributed by atoms with van der Waals surface area (Å²) in [5.41, 5.74) is 0.719. The normalized spacial score (nSPS) is 30.9. The van der Waals surface area contributed by atoms with Gasteiger partial charge < -0.3 is 14.6 Å². The van der Waals surface area contributed by atoms with Crippen LogP contribution in [0.5, 0.6) is 0 Å². The van der Waals surface area contributed by atoms with Crippen molar-refractivity contribution in [2.24, 2.45) is 17.8 Å². The third kappa shape index (κ3) is 9.33. The molecule has 0 aromatic rings. The molecule has 0 aliphatic carbocycles. The number of aliphatic hydroxyl groups is 1. The molecule has 1 saturated heterocycles. The van der Waals surface area contributed by atoms with Crippen molar-refractivity contribution in [2.45, 2.75) is 96.9 Å². The molecule has 0 spiro atoms. The monoisotopic (exact) mass is 491 g/mol. The molecule has 2 amide bonds. The molecule has 0 radical (unpaired) electrons. The smallest absolute Gasteiger partial charge is 0.306 e. The van der Waals surface area contributed by atoms with E-state index >= 15 is 0 Å². The minimum atomic E-state index is -0.785. The lowest BCUT2D eigenvalue weighted by Crippen LogP contribution is -2.38. The minimum absolute atomic E-state index is 0.0332. The molecule has 0 bridgehead atoms. The van der Waals surface area contributed by atoms with Crippen LogP contribution < -0.4 is 5.32 Å². The number of Topliss-reactive ketones (excluding diaryl/α,β-unsaturated/α-hetero) is 1. The molecule has 1 fully saturated rings. The Morgan fingerprint density at radius 2 is 1.91 bits per heavy atom. The molecule has 35 heavy (non-hydrogen) atoms. The second-order valence-electron chi connectivity index (χ2n) is 9.94. The van der Waals surface area contributed by atoms with E-state index in [1.807, 2.05) is 32.1 Å². The lowest BCUT2D eigenvalue weighted by Gasteiger charge is -2.28. The Labute approximate surface area is 208 Å². The summed E-state index contributed by atoms with van der Waals surface area (Å²) in [5, 5.41) is 13.1. The van der Waals surface area contributed by atoms with Gasteiger partial charge in [-0.1, -0.05) is 32.1 Å². The fourth-order valence-corrected chi connectivity index (χ4v) is 4.81. The number of imide groups is 1. The molecular formula is C27H41NO7. The quantitative estimate of drug-likeness (QED) is 0.318. The van der Waals surface area contributed by atoms with E-state index in [-0.39, 0.29) is 48.2 Å². The number of aliphatic hydroxyl groups excluding tert-OH is 1. The summed E-state index contributed by atoms with van der Waals surface area (Å²) in [5.74, 6) is -1.78. The van der Waals surface area contributed by atoms with Crippen LogP contribution in [-0.4, -0.2) is 54.1 Å². The molecule has 8 nitrogen and oxygen atoms in total. The maximum atomic E-state index is 13.0. The average Bonchev–Trinajstić information content (AvgIpc) is 2.79. The molecule has 0 aromatic heterocycles. The van der Waals surface area contributed by atoms with Gasteiger partial charge in [-0.05, 0) is 50.5 Å². The number of cyclic esters (lactones) is 1. The van der Waals surface area contributed by atoms with Crippen molar-refractivity contribution in [1.82, 2.24) is 5.32 Å². The van der Waals surface area contributed by atoms with Crippen LogP contribution in [0, 0.1) is 17.8 Å². The van der Waals surface area contributed by atoms with Gasteiger partial charge in [0.05, 0.1) is 12.0 Å². The maximum absolute atomic E-state index is 13.0. The van der Waals surface area contributed by atoms with Crippen LogP contribution in [0.1, 0.15) is 78.6 Å². The first-order valence-corrected chi connectivity index (χ1v) is 12.7. The highest BCUT2D eigenvalue weighted by Crippen LogP contribution is 2.26. The predicted octanol–water partition coefficient (Wildman–Crippen LogP) is 3.42. The zero-order chi connectivity index (χ0) is 26.0. The summed E-state index contributed by atoms with van der Waals surface area (Å²) < 4.78 is 11.2. The summed E-state index contributed by atoms with van der Waals surface area (Å²) in [6.45, 7) is 5.45. The molecule has 0 unspecified atom stereocenters. The Hall–Kier alpha value is -2.32. The van der Waals surface area contributed by atoms with Gasteiger partial charge in [-0.25, -0.2) is 0 Å². The van der Waals surface area contributed by atoms with Gasteiger partial charge in [-0.15, -0.1) is 0 Å². The number of esters is 1. The molecule has 2 aliphatic heterocycles. The van der Waals surface area contributed by atoms with Crippen LogP contribution in [0.2, 0.25) is 0 Å². The van der Waals surface area contributed by atoms with Crippen molar-refractivity contribution in [3.63, 3.8) is 0 Å². The largest absolute Gasteiger partial charge is 0.457 e. The van der Waals surface area contributed by atoms with Crippen LogP contribution in [0.15, 0.2) is 23.8 Å². The van der Waals surface area contributed by atoms with E-state index in [9.17, 15) is 24.3 Å². The van der Waals surface area contributed by atoms with Gasteiger partial charge in [0.15, 0.2) is 0 Å². The Balaban J connectivity index is 2.09. The highest BCUT2D eigenvalue weighted by molar-refractivity contribution is 5.97. The molecule has 2 N–H and O–H groups in total. The Kier molecular flexibility index (Phi) is 11.8. The number of hydrogen-bond acceptors (Lipinski definition) is 7. The summed E-state index contributed by atoms with van der Waals surface area (Å²) in [6.07, 6.45) is 8.33. The van der Waals surface area contributed by atoms with Crippen molar-refractivity contribution in [3.8, 4) is 0 Å². The van der Waals surface area contributed by atoms with Crippen molar-refractivity contribution in [3.05, 3.63) is 23.8 Å². The molecular weight excluding hydrogens is 450 g/mol. The number of carbonyl (C=O) groups is 4. The first-order valence-electron chi connectivity index (χ1n) is 12.7. The highest BCUT2D eigenvalue weighted by atomic mass is 16.5. The van der Waals surface area contributed by atoms with Crippen molar-refractivity contribution in [2.75, 3.05) is 7.11 Å². The number of allylic oxidation sites excluding steroid dienone is 1. The molecule has 2 rings (SSSR count). The van der Waals surface area contributed by atoms with Crippen molar-refractivity contribution >= 4 is 23.6 Å². The number of ether oxygens (including phenoxy) is 2. The molecule has 8 heteroatoms. The Morgan fingerprint density at radius 1 is 1.23 bits per heavy atom. The number of carbonyl (C=O) groups excluding carboxylic acids is 4. The first kappa shape index (κ1) is 28.9. The fraction of sp³-hybridized carbons (Fsp3) is 0.704. The van der Waals surface area contributed by atoms with Crippen molar-refractivity contribution < 1.29 is 33.8 Å². The SMILES string of the molecule is CO[C@H]1/C=C/CCCCC(=O)O[C@H]([C@H](C)C(=O)CCCC2CC(=O)NC(=O)C2)/C(C)=C\[C@@H](C)[C@@H]1O. The summed E-state index contributed by atoms with van der Waals surface area (Å²) in [6, 6.07) is 0. The third-order valence-electron chi connectivity index (χ3n) is 6.93. The van der Waals surface area contributed by atoms with E-state index in [0.717, 1.165) is 18.4 Å². The van der Waals surface area contributed by atoms with Crippen LogP contribution in [0.3, 0.4) is 0 Å². The Morgan fingerprint density at radius 3 is 2.57 bits per heavy atom. The number of methoxy groups -OCH3 is 1. The summed E-state index contributed by atoms with van der Waals surface area (Å²) in [7, 11) is 1.56. The highest BCUT2D eigenvalue weighted by Gasteiger charge is 2.31. The van der Waals surface area contributed by atoms with Gasteiger partial charge in [0, 0.05) is 38.7 Å². The van der Waals surface area contributed by atoms with Gasteiger partial charge in [0.2, 0.25) is 11.8 Å². The van der Waals surface area contributed by atoms with Gasteiger partial charge in [-0.3, -0.25) is 24.5 Å². The van der Waals surface area contributed by atoms with Crippen LogP contribution in [0.4, 0.5) is 0 Å². The second kappa shape index (κ2) is 14.3. The van der Waals surface area contributed by atoms with E-state index in [0.29, 0.717) is 32.1 Å². The molecule has 196 valence electrons. The lowest BCUT2D eigenvalue weighted by atomic mass is 9.86. The lowest BCUT2D eigenvalue weighted by molar-refractivity contribution is -0.151. The zero-order valence-electron chi connectivity index (χ0n) is 21.5. The van der Waals surface area contributed by atoms with Crippen LogP contribution in [0.25, 0.3) is 0 Å². The third-order valence-corrected chi connectivity index (χ3v) is 6.93. The molecule has 2 heterocycles. The number of piperidine rings is 1. The fourth-order valence-electron chi connectivity index (χ4n) is 4.81. The van der Waals surface area contributed by atoms with Gasteiger partial charge >= 0.3 is 5.97 Å². The van der Waals surface area contributed by atoms with E-state index in [2.05, 4.69) is 5.32 Å². The summed E-state index contributed by atoms with van der Waals surface area (Å²) >= 11 is 0. The van der Waals surface area contributed by atoms with Crippen LogP contribution >= 0.6 is 0 Å². The van der Waals surface area contributed by atoms with E-state index in [1.165, 1.54) is 0 Å². The van der Waals surface area contributed by atoms with E-state index < -0.39 is 24.2 Å². The van der Waals surface area contributed by atoms with Gasteiger partial charge in [-0.2, -0.15) is 0 Å². The number of rotatable bonds is 7. The molecule has 2 aliphatic rings. The molecule has 0 aromatic carbocycles. The van der Waals surface area contributed by atoms with Crippen LogP contribution in [-0.2, 0) is 28.7 Å². The number of nitrogens with one attached hydrogen (secondary N) is 1. The first-order chi connectivity index (χ1) is 16.6. The number of ketones is 1. The number of amides is 2. The molecule has 0 saturated carbocycles. The standard InChI is InChI=1S/C27H41NO7/c1-17-14-18(2)27(35-25(32)13-8-6-5-7-12-22(34-4)26(17)33)19(3)21(29)11-9-10-20-15-23(30)28-24(31)16-20/h7,12,14,17,19-20,22,26-27,33H,5-6,8-11,13,15-16H2,1-4H3,(H,28,30,31)/b12-7+,18-14-/t17-,19-,22+,26+,27+/m1/s1. The van der Waals surface area contributed by atoms with E-state index in [1.54, 1.807) is 14.0 Å². The average molecular weight is 492 g/mol. The second-order valence-corrected chi connectivity index (χ2v) is 9.94.